The van der Waals surface area contributed by atoms with Crippen molar-refractivity contribution in [3.8, 4) is 45.4 Å². The van der Waals surface area contributed by atoms with E-state index >= 15 is 0 Å². The van der Waals surface area contributed by atoms with Gasteiger partial charge >= 0.3 is 5.97 Å². The second-order valence-corrected chi connectivity index (χ2v) is 14.2. The first kappa shape index (κ1) is 37.3. The third-order valence-corrected chi connectivity index (χ3v) is 10.8. The van der Waals surface area contributed by atoms with Crippen molar-refractivity contribution in [1.29, 1.82) is 0 Å². The molecule has 55 heavy (non-hydrogen) atoms. The molecular weight excluding hydrogens is 723 g/mol. The second-order valence-electron chi connectivity index (χ2n) is 13.0. The Morgan fingerprint density at radius 3 is 2.49 bits per heavy atom. The van der Waals surface area contributed by atoms with Crippen LogP contribution in [0.2, 0.25) is 0 Å². The molecule has 3 aromatic rings. The molecule has 0 saturated carbocycles. The fraction of sp³-hybridized carbons (Fsp3) is 0.233. The molecule has 1 saturated heterocycles. The van der Waals surface area contributed by atoms with E-state index in [1.165, 1.54) is 28.8 Å². The zero-order valence-electron chi connectivity index (χ0n) is 30.7. The third-order valence-electron chi connectivity index (χ3n) is 9.46. The Bertz CT molecular complexity index is 2400. The van der Waals surface area contributed by atoms with E-state index in [1.807, 2.05) is 55.5 Å². The van der Waals surface area contributed by atoms with Crippen LogP contribution in [0.15, 0.2) is 117 Å². The van der Waals surface area contributed by atoms with Gasteiger partial charge in [-0.25, -0.2) is 4.79 Å². The fourth-order valence-corrected chi connectivity index (χ4v) is 8.31. The smallest absolute Gasteiger partial charge is 0.356 e. The number of hydrogen-bond donors (Lipinski definition) is 1. The van der Waals surface area contributed by atoms with Crippen LogP contribution in [0.3, 0.4) is 0 Å². The Morgan fingerprint density at radius 2 is 1.75 bits per heavy atom. The van der Waals surface area contributed by atoms with E-state index in [1.54, 1.807) is 51.5 Å². The third kappa shape index (κ3) is 7.30. The number of aryl methyl sites for hydroxylation is 1. The quantitative estimate of drug-likeness (QED) is 0.0531. The van der Waals surface area contributed by atoms with Gasteiger partial charge in [0.2, 0.25) is 5.91 Å². The molecule has 11 nitrogen and oxygen atoms in total. The van der Waals surface area contributed by atoms with E-state index < -0.39 is 18.0 Å². The number of thioether (sulfide) groups is 1. The molecule has 0 aromatic heterocycles. The Balaban J connectivity index is 1.06. The zero-order valence-corrected chi connectivity index (χ0v) is 31.5. The number of fused-ring (bicyclic) bond motifs is 3. The van der Waals surface area contributed by atoms with Crippen LogP contribution >= 0.6 is 11.8 Å². The number of nitrogens with zero attached hydrogens (tertiary/aromatic N) is 1. The molecule has 3 aromatic carbocycles. The summed E-state index contributed by atoms with van der Waals surface area (Å²) in [4.78, 5) is 39.8. The molecule has 1 N–H and O–H groups in total. The van der Waals surface area contributed by atoms with E-state index in [0.29, 0.717) is 33.5 Å². The number of allylic oxidation sites excluding steroid dienone is 1. The van der Waals surface area contributed by atoms with Crippen LogP contribution in [0.5, 0.6) is 23.0 Å². The topological polar surface area (TPSA) is 134 Å². The van der Waals surface area contributed by atoms with Gasteiger partial charge < -0.3 is 33.2 Å². The first-order chi connectivity index (χ1) is 26.6. The van der Waals surface area contributed by atoms with Crippen molar-refractivity contribution in [1.82, 2.24) is 4.90 Å². The molecule has 0 spiro atoms. The van der Waals surface area contributed by atoms with Crippen LogP contribution in [0.4, 0.5) is 0 Å². The predicted molar refractivity (Wildman–Crippen MR) is 209 cm³/mol. The standard InChI is InChI=1S/C43H39NO10S/c1-6-17-52-43(48)40-37(55-42-38(25(3)45)41(47)44(40)42)8-7-18-51-33-16-9-26(20-36(33)50-5)23-53-29-12-15-32-35(22-29)54-34-21-27(46)10-13-31(34)39(32)30-14-11-28(49-4)19-24(30)2/h6-16,19-22,25,38,42,45H,1,17-18,23H2,2-5H3/b8-7+/t25-,38+,42-/m1/s1. The number of carbonyl (C=O) groups excluding carboxylic acids is 2. The van der Waals surface area contributed by atoms with Gasteiger partial charge in [0.05, 0.1) is 26.2 Å². The molecule has 0 radical (unpaired) electrons. The number of amides is 1. The van der Waals surface area contributed by atoms with Gasteiger partial charge in [-0.2, -0.15) is 0 Å². The van der Waals surface area contributed by atoms with E-state index in [-0.39, 0.29) is 42.2 Å². The summed E-state index contributed by atoms with van der Waals surface area (Å²) >= 11 is 1.33. The normalized spacial score (nSPS) is 17.0. The molecular formula is C43H39NO10S. The maximum Gasteiger partial charge on any atom is 0.356 e. The number of β-lactam (4-membered cyclic amide) rings is 1. The van der Waals surface area contributed by atoms with E-state index in [9.17, 15) is 19.5 Å². The average molecular weight is 762 g/mol. The zero-order chi connectivity index (χ0) is 38.8. The lowest BCUT2D eigenvalue weighted by molar-refractivity contribution is -0.157. The maximum atomic E-state index is 12.8. The van der Waals surface area contributed by atoms with E-state index in [2.05, 4.69) is 6.58 Å². The second kappa shape index (κ2) is 15.8. The first-order valence-electron chi connectivity index (χ1n) is 17.6. The Labute approximate surface area is 321 Å². The van der Waals surface area contributed by atoms with Crippen LogP contribution in [-0.2, 0) is 20.9 Å². The lowest BCUT2D eigenvalue weighted by atomic mass is 9.91. The van der Waals surface area contributed by atoms with Crippen LogP contribution in [0.1, 0.15) is 18.1 Å². The van der Waals surface area contributed by atoms with Crippen molar-refractivity contribution in [2.45, 2.75) is 31.9 Å². The lowest BCUT2D eigenvalue weighted by Gasteiger charge is -2.43. The summed E-state index contributed by atoms with van der Waals surface area (Å²) in [5.74, 6) is 1.26. The minimum atomic E-state index is -0.847. The molecule has 0 unspecified atom stereocenters. The number of rotatable bonds is 14. The molecule has 3 heterocycles. The number of carbonyl (C=O) groups is 2. The first-order valence-corrected chi connectivity index (χ1v) is 18.4. The van der Waals surface area contributed by atoms with Crippen molar-refractivity contribution in [3.05, 3.63) is 130 Å². The van der Waals surface area contributed by atoms with Gasteiger partial charge in [0.25, 0.3) is 0 Å². The summed E-state index contributed by atoms with van der Waals surface area (Å²) in [5, 5.41) is 10.6. The van der Waals surface area contributed by atoms with Gasteiger partial charge in [-0.1, -0.05) is 36.5 Å². The number of benzene rings is 4. The minimum absolute atomic E-state index is 0.00607. The van der Waals surface area contributed by atoms with Crippen LogP contribution < -0.4 is 24.4 Å². The lowest BCUT2D eigenvalue weighted by Crippen LogP contribution is -2.60. The highest BCUT2D eigenvalue weighted by atomic mass is 32.2. The van der Waals surface area contributed by atoms with Crippen molar-refractivity contribution in [2.24, 2.45) is 5.92 Å². The van der Waals surface area contributed by atoms with Gasteiger partial charge in [0, 0.05) is 33.6 Å². The fourth-order valence-electron chi connectivity index (χ4n) is 6.77. The molecule has 3 aliphatic heterocycles. The summed E-state index contributed by atoms with van der Waals surface area (Å²) < 4.78 is 34.7. The monoisotopic (exact) mass is 761 g/mol. The predicted octanol–water partition coefficient (Wildman–Crippen LogP) is 7.26. The largest absolute Gasteiger partial charge is 0.497 e. The molecule has 1 amide bonds. The number of ether oxygens (including phenoxy) is 5. The SMILES string of the molecule is C=CCOC(=O)C1=C(/C=C/COc2ccc(COc3ccc4c(-c5ccc(OC)cc5C)c5ccc(=O)cc-5oc4c3)cc2OC)S[C@@H]2[C@@H]([C@@H](C)O)C(=O)N12. The van der Waals surface area contributed by atoms with Crippen LogP contribution in [-0.4, -0.2) is 60.8 Å². The Kier molecular flexibility index (Phi) is 10.7. The summed E-state index contributed by atoms with van der Waals surface area (Å²) in [5.41, 5.74) is 5.21. The van der Waals surface area contributed by atoms with Crippen molar-refractivity contribution in [2.75, 3.05) is 27.4 Å². The number of aliphatic hydroxyl groups is 1. The Hall–Kier alpha value is -5.98. The van der Waals surface area contributed by atoms with Gasteiger partial charge in [-0.05, 0) is 91.2 Å². The molecule has 7 rings (SSSR count). The summed E-state index contributed by atoms with van der Waals surface area (Å²) in [6, 6.07) is 21.9. The highest BCUT2D eigenvalue weighted by Gasteiger charge is 2.57. The van der Waals surface area contributed by atoms with Gasteiger partial charge in [0.1, 0.15) is 53.7 Å². The molecule has 4 aliphatic rings. The molecule has 1 aliphatic carbocycles. The minimum Gasteiger partial charge on any atom is -0.497 e. The van der Waals surface area contributed by atoms with E-state index in [4.69, 9.17) is 28.1 Å². The molecule has 12 heteroatoms. The highest BCUT2D eigenvalue weighted by molar-refractivity contribution is 8.04. The molecule has 282 valence electrons. The van der Waals surface area contributed by atoms with Gasteiger partial charge in [-0.3, -0.25) is 14.5 Å². The number of methoxy groups -OCH3 is 2. The molecule has 0 bridgehead atoms. The number of esters is 1. The van der Waals surface area contributed by atoms with Crippen LogP contribution in [0.25, 0.3) is 33.4 Å². The van der Waals surface area contributed by atoms with Crippen molar-refractivity contribution >= 4 is 34.6 Å². The van der Waals surface area contributed by atoms with Crippen molar-refractivity contribution in [3.63, 3.8) is 0 Å². The summed E-state index contributed by atoms with van der Waals surface area (Å²) in [6.45, 7) is 7.54. The Morgan fingerprint density at radius 1 is 0.945 bits per heavy atom. The summed E-state index contributed by atoms with van der Waals surface area (Å²) in [6.07, 6.45) is 4.06. The van der Waals surface area contributed by atoms with Gasteiger partial charge in [0.15, 0.2) is 16.9 Å². The van der Waals surface area contributed by atoms with Gasteiger partial charge in [-0.15, -0.1) is 0 Å². The van der Waals surface area contributed by atoms with Crippen LogP contribution in [0, 0.1) is 12.8 Å². The average Bonchev–Trinajstić information content (AvgIpc) is 3.50. The van der Waals surface area contributed by atoms with E-state index in [0.717, 1.165) is 39.0 Å². The molecule has 1 fully saturated rings. The highest BCUT2D eigenvalue weighted by Crippen LogP contribution is 2.51. The van der Waals surface area contributed by atoms with Crippen molar-refractivity contribution < 1.29 is 42.8 Å². The maximum absolute atomic E-state index is 12.8. The number of hydrogen-bond acceptors (Lipinski definition) is 11. The molecule has 3 atom stereocenters. The summed E-state index contributed by atoms with van der Waals surface area (Å²) in [7, 11) is 3.19. The number of aliphatic hydroxyl groups excluding tert-OH is 1.